The van der Waals surface area contributed by atoms with Gasteiger partial charge < -0.3 is 0 Å². The van der Waals surface area contributed by atoms with Gasteiger partial charge in [-0.1, -0.05) is 212 Å². The highest BCUT2D eigenvalue weighted by Gasteiger charge is 2.24. The number of hydrogen-bond donors (Lipinski definition) is 0. The van der Waals surface area contributed by atoms with E-state index in [1.165, 1.54) is 130 Å². The van der Waals surface area contributed by atoms with Crippen LogP contribution < -0.4 is 0 Å². The summed E-state index contributed by atoms with van der Waals surface area (Å²) >= 11 is 1.93. The zero-order valence-electron chi connectivity index (χ0n) is 34.6. The fourth-order valence-electron chi connectivity index (χ4n) is 10.9. The van der Waals surface area contributed by atoms with Crippen molar-refractivity contribution in [1.29, 1.82) is 0 Å². The number of rotatable bonds is 5. The second-order valence-electron chi connectivity index (χ2n) is 16.9. The third-order valence-electron chi connectivity index (χ3n) is 13.5. The van der Waals surface area contributed by atoms with Gasteiger partial charge in [-0.2, -0.15) is 0 Å². The normalized spacial score (nSPS) is 13.0. The van der Waals surface area contributed by atoms with E-state index in [-0.39, 0.29) is 0 Å². The molecule has 0 N–H and O–H groups in total. The van der Waals surface area contributed by atoms with Gasteiger partial charge in [-0.05, 0) is 123 Å². The molecule has 1 aliphatic carbocycles. The molecule has 0 saturated carbocycles. The lowest BCUT2D eigenvalue weighted by Crippen LogP contribution is -1.95. The lowest BCUT2D eigenvalue weighted by Gasteiger charge is -2.20. The first-order valence-corrected chi connectivity index (χ1v) is 22.9. The molecule has 1 heteroatoms. The monoisotopic (exact) mass is 816 g/mol. The standard InChI is InChI=1S/C62H40S/c1-3-19-39(20-4-1)41-37-38-52(43-24-8-7-23-42(41)43)58-48-29-13-15-31-50(48)59(51-32-16-14-30-49(51)58)53-33-18-36-56-61(53)55-35-17-34-54(62(55)63-56)60-46-27-11-9-25-44(46)57(40-21-5-2-6-22-40)45-26-10-12-28-47(45)60/h1-5,7-21,23-38H,6,22H2. The number of fused-ring (bicyclic) bond motifs is 8. The summed E-state index contributed by atoms with van der Waals surface area (Å²) in [5, 5.41) is 15.5. The average Bonchev–Trinajstić information content (AvgIpc) is 3.75. The Morgan fingerprint density at radius 1 is 0.317 bits per heavy atom. The van der Waals surface area contributed by atoms with Crippen LogP contribution in [-0.2, 0) is 0 Å². The molecular weight excluding hydrogens is 777 g/mol. The summed E-state index contributed by atoms with van der Waals surface area (Å²) in [4.78, 5) is 0. The Morgan fingerprint density at radius 3 is 1.33 bits per heavy atom. The molecule has 0 bridgehead atoms. The zero-order valence-corrected chi connectivity index (χ0v) is 35.4. The summed E-state index contributed by atoms with van der Waals surface area (Å²) in [5.74, 6) is 0. The second kappa shape index (κ2) is 14.5. The van der Waals surface area contributed by atoms with Crippen LogP contribution in [0.2, 0.25) is 0 Å². The highest BCUT2D eigenvalue weighted by Crippen LogP contribution is 2.52. The van der Waals surface area contributed by atoms with Crippen molar-refractivity contribution in [3.05, 3.63) is 224 Å². The van der Waals surface area contributed by atoms with Crippen LogP contribution in [0.15, 0.2) is 218 Å². The number of thiophene rings is 1. The summed E-state index contributed by atoms with van der Waals surface area (Å²) in [6, 6.07) is 74.8. The lowest BCUT2D eigenvalue weighted by atomic mass is 9.82. The molecule has 0 nitrogen and oxygen atoms in total. The lowest BCUT2D eigenvalue weighted by molar-refractivity contribution is 1.06. The molecule has 0 fully saturated rings. The Balaban J connectivity index is 1.08. The second-order valence-corrected chi connectivity index (χ2v) is 17.9. The van der Waals surface area contributed by atoms with Gasteiger partial charge in [0.05, 0.1) is 0 Å². The largest absolute Gasteiger partial charge is 0.135 e. The van der Waals surface area contributed by atoms with Crippen LogP contribution in [0.1, 0.15) is 18.4 Å². The maximum atomic E-state index is 2.37. The molecule has 0 saturated heterocycles. The van der Waals surface area contributed by atoms with Crippen LogP contribution in [0.25, 0.3) is 124 Å². The van der Waals surface area contributed by atoms with Crippen molar-refractivity contribution in [3.8, 4) is 44.5 Å². The van der Waals surface area contributed by atoms with E-state index in [4.69, 9.17) is 0 Å². The molecule has 13 rings (SSSR count). The quantitative estimate of drug-likeness (QED) is 0.152. The van der Waals surface area contributed by atoms with Gasteiger partial charge in [0.2, 0.25) is 0 Å². The molecule has 0 radical (unpaired) electrons. The SMILES string of the molecule is C1=CCCC(c2c3ccccc3c(-c3cccc4c3sc3cccc(-c5c6ccccc6c(-c6ccc(-c7ccccc7)c7ccccc67)c6ccccc56)c34)c3ccccc23)=C1. The Kier molecular flexibility index (Phi) is 8.32. The van der Waals surface area contributed by atoms with Gasteiger partial charge in [0.25, 0.3) is 0 Å². The molecule has 11 aromatic carbocycles. The van der Waals surface area contributed by atoms with E-state index in [1.54, 1.807) is 0 Å². The van der Waals surface area contributed by atoms with Gasteiger partial charge in [0.15, 0.2) is 0 Å². The topological polar surface area (TPSA) is 0 Å². The number of allylic oxidation sites excluding steroid dienone is 4. The van der Waals surface area contributed by atoms with Crippen molar-refractivity contribution in [2.24, 2.45) is 0 Å². The van der Waals surface area contributed by atoms with Crippen molar-refractivity contribution >= 4 is 90.9 Å². The minimum atomic E-state index is 1.06. The van der Waals surface area contributed by atoms with Crippen molar-refractivity contribution in [2.45, 2.75) is 12.8 Å². The van der Waals surface area contributed by atoms with Crippen molar-refractivity contribution < 1.29 is 0 Å². The smallest absolute Gasteiger partial charge is 0.0434 e. The van der Waals surface area contributed by atoms with Crippen molar-refractivity contribution in [2.75, 3.05) is 0 Å². The number of benzene rings is 11. The molecule has 1 aromatic heterocycles. The minimum Gasteiger partial charge on any atom is -0.135 e. The summed E-state index contributed by atoms with van der Waals surface area (Å²) in [6.07, 6.45) is 8.98. The molecule has 0 atom stereocenters. The Labute approximate surface area is 370 Å². The summed E-state index contributed by atoms with van der Waals surface area (Å²) in [5.41, 5.74) is 13.0. The molecule has 0 aliphatic heterocycles. The van der Waals surface area contributed by atoms with Crippen molar-refractivity contribution in [1.82, 2.24) is 0 Å². The molecule has 1 aliphatic rings. The maximum Gasteiger partial charge on any atom is 0.0434 e. The van der Waals surface area contributed by atoms with Crippen LogP contribution in [0, 0.1) is 0 Å². The first-order chi connectivity index (χ1) is 31.3. The first-order valence-electron chi connectivity index (χ1n) is 22.1. The minimum absolute atomic E-state index is 1.06. The highest BCUT2D eigenvalue weighted by atomic mass is 32.1. The van der Waals surface area contributed by atoms with E-state index < -0.39 is 0 Å². The fourth-order valence-corrected chi connectivity index (χ4v) is 12.2. The van der Waals surface area contributed by atoms with E-state index in [0.717, 1.165) is 12.8 Å². The van der Waals surface area contributed by atoms with Crippen LogP contribution in [0.5, 0.6) is 0 Å². The summed E-state index contributed by atoms with van der Waals surface area (Å²) in [7, 11) is 0. The van der Waals surface area contributed by atoms with Gasteiger partial charge >= 0.3 is 0 Å². The molecule has 0 amide bonds. The van der Waals surface area contributed by atoms with Gasteiger partial charge in [0, 0.05) is 25.7 Å². The fraction of sp³-hybridized carbons (Fsp3) is 0.0323. The molecule has 0 unspecified atom stereocenters. The molecule has 1 heterocycles. The Morgan fingerprint density at radius 2 is 0.762 bits per heavy atom. The summed E-state index contributed by atoms with van der Waals surface area (Å²) < 4.78 is 2.64. The molecule has 294 valence electrons. The Bertz CT molecular complexity index is 3780. The predicted octanol–water partition coefficient (Wildman–Crippen LogP) is 18.2. The van der Waals surface area contributed by atoms with Crippen LogP contribution in [0.4, 0.5) is 0 Å². The van der Waals surface area contributed by atoms with E-state index in [1.807, 2.05) is 11.3 Å². The van der Waals surface area contributed by atoms with Gasteiger partial charge in [-0.25, -0.2) is 0 Å². The predicted molar refractivity (Wildman–Crippen MR) is 275 cm³/mol. The first kappa shape index (κ1) is 36.1. The van der Waals surface area contributed by atoms with Crippen LogP contribution >= 0.6 is 11.3 Å². The van der Waals surface area contributed by atoms with Gasteiger partial charge in [0.1, 0.15) is 0 Å². The third-order valence-corrected chi connectivity index (χ3v) is 14.7. The van der Waals surface area contributed by atoms with Crippen molar-refractivity contribution in [3.63, 3.8) is 0 Å². The van der Waals surface area contributed by atoms with Crippen LogP contribution in [0.3, 0.4) is 0 Å². The van der Waals surface area contributed by atoms with Crippen LogP contribution in [-0.4, -0.2) is 0 Å². The van der Waals surface area contributed by atoms with E-state index in [2.05, 4.69) is 218 Å². The van der Waals surface area contributed by atoms with E-state index >= 15 is 0 Å². The highest BCUT2D eigenvalue weighted by molar-refractivity contribution is 7.26. The van der Waals surface area contributed by atoms with Gasteiger partial charge in [-0.15, -0.1) is 11.3 Å². The summed E-state index contributed by atoms with van der Waals surface area (Å²) in [6.45, 7) is 0. The third kappa shape index (κ3) is 5.53. The molecule has 12 aromatic rings. The Hall–Kier alpha value is -7.58. The molecule has 0 spiro atoms. The maximum absolute atomic E-state index is 2.37. The molecule has 63 heavy (non-hydrogen) atoms. The number of hydrogen-bond acceptors (Lipinski definition) is 1. The molecular formula is C62H40S. The van der Waals surface area contributed by atoms with E-state index in [0.29, 0.717) is 0 Å². The van der Waals surface area contributed by atoms with E-state index in [9.17, 15) is 0 Å². The zero-order chi connectivity index (χ0) is 41.4. The average molecular weight is 817 g/mol. The van der Waals surface area contributed by atoms with Gasteiger partial charge in [-0.3, -0.25) is 0 Å².